The minimum absolute atomic E-state index is 0.0425. The fourth-order valence-electron chi connectivity index (χ4n) is 2.70. The van der Waals surface area contributed by atoms with E-state index >= 15 is 0 Å². The Morgan fingerprint density at radius 1 is 1.10 bits per heavy atom. The summed E-state index contributed by atoms with van der Waals surface area (Å²) in [6, 6.07) is 14.1. The molecule has 150 valence electrons. The number of carbonyl (C=O) groups is 1. The molecule has 29 heavy (non-hydrogen) atoms. The second kappa shape index (κ2) is 9.50. The Balaban J connectivity index is 1.37. The zero-order valence-electron chi connectivity index (χ0n) is 16.1. The largest absolute Gasteiger partial charge is 0.441 e. The highest BCUT2D eigenvalue weighted by atomic mass is 16.6. The zero-order valence-corrected chi connectivity index (χ0v) is 16.1. The number of hydrogen-bond donors (Lipinski definition) is 2. The summed E-state index contributed by atoms with van der Waals surface area (Å²) in [5.41, 5.74) is 2.93. The lowest BCUT2D eigenvalue weighted by molar-refractivity contribution is -0.384. The third kappa shape index (κ3) is 5.90. The van der Waals surface area contributed by atoms with E-state index in [9.17, 15) is 14.9 Å². The van der Waals surface area contributed by atoms with Gasteiger partial charge in [0.25, 0.3) is 5.69 Å². The second-order valence-corrected chi connectivity index (χ2v) is 6.56. The van der Waals surface area contributed by atoms with Crippen LogP contribution in [0.5, 0.6) is 0 Å². The van der Waals surface area contributed by atoms with Gasteiger partial charge >= 0.3 is 0 Å². The third-order valence-corrected chi connectivity index (χ3v) is 4.31. The molecule has 0 spiro atoms. The number of nitrogens with zero attached hydrogens (tertiary/aromatic N) is 2. The van der Waals surface area contributed by atoms with Gasteiger partial charge in [0.15, 0.2) is 11.7 Å². The Morgan fingerprint density at radius 3 is 2.52 bits per heavy atom. The fourth-order valence-corrected chi connectivity index (χ4v) is 2.70. The van der Waals surface area contributed by atoms with Gasteiger partial charge in [0.05, 0.1) is 11.1 Å². The van der Waals surface area contributed by atoms with Crippen molar-refractivity contribution in [3.05, 3.63) is 76.3 Å². The number of nitrogens with one attached hydrogen (secondary N) is 2. The average molecular weight is 394 g/mol. The van der Waals surface area contributed by atoms with Crippen LogP contribution in [0.2, 0.25) is 0 Å². The highest BCUT2D eigenvalue weighted by Gasteiger charge is 2.09. The van der Waals surface area contributed by atoms with Gasteiger partial charge in [-0.3, -0.25) is 14.9 Å². The summed E-state index contributed by atoms with van der Waals surface area (Å²) in [7, 11) is 0. The van der Waals surface area contributed by atoms with E-state index in [0.717, 1.165) is 11.3 Å². The molecule has 0 aliphatic heterocycles. The van der Waals surface area contributed by atoms with Crippen LogP contribution >= 0.6 is 0 Å². The van der Waals surface area contributed by atoms with Gasteiger partial charge < -0.3 is 15.1 Å². The van der Waals surface area contributed by atoms with Crippen molar-refractivity contribution in [2.45, 2.75) is 19.8 Å². The first-order valence-electron chi connectivity index (χ1n) is 9.28. The van der Waals surface area contributed by atoms with Crippen molar-refractivity contribution < 1.29 is 14.1 Å². The number of oxazole rings is 1. The molecule has 1 aromatic heterocycles. The van der Waals surface area contributed by atoms with Gasteiger partial charge in [-0.1, -0.05) is 29.8 Å². The zero-order chi connectivity index (χ0) is 20.6. The van der Waals surface area contributed by atoms with E-state index in [0.29, 0.717) is 31.2 Å². The number of benzene rings is 2. The van der Waals surface area contributed by atoms with Crippen molar-refractivity contribution in [3.8, 4) is 11.3 Å². The molecule has 3 aromatic rings. The van der Waals surface area contributed by atoms with Crippen molar-refractivity contribution in [2.24, 2.45) is 0 Å². The van der Waals surface area contributed by atoms with Gasteiger partial charge in [-0.2, -0.15) is 0 Å². The quantitative estimate of drug-likeness (QED) is 0.325. The molecule has 0 atom stereocenters. The SMILES string of the molecule is Cc1ccc(-c2cnc(CCC(=O)NCCNc3ccc([N+](=O)[O-])cc3)o2)cc1. The van der Waals surface area contributed by atoms with Gasteiger partial charge in [-0.15, -0.1) is 0 Å². The number of nitro groups is 1. The average Bonchev–Trinajstić information content (AvgIpc) is 3.19. The molecule has 0 unspecified atom stereocenters. The predicted octanol–water partition coefficient (Wildman–Crippen LogP) is 3.72. The molecule has 0 aliphatic rings. The van der Waals surface area contributed by atoms with E-state index in [2.05, 4.69) is 15.6 Å². The standard InChI is InChI=1S/C21H22N4O4/c1-15-2-4-16(5-3-15)19-14-24-21(29-19)11-10-20(26)23-13-12-22-17-6-8-18(9-7-17)25(27)28/h2-9,14,22H,10-13H2,1H3,(H,23,26). The first-order valence-corrected chi connectivity index (χ1v) is 9.28. The van der Waals surface area contributed by atoms with Crippen LogP contribution in [0.3, 0.4) is 0 Å². The molecule has 3 rings (SSSR count). The van der Waals surface area contributed by atoms with Gasteiger partial charge in [0.1, 0.15) is 0 Å². The lowest BCUT2D eigenvalue weighted by Crippen LogP contribution is -2.28. The van der Waals surface area contributed by atoms with E-state index in [-0.39, 0.29) is 18.0 Å². The lowest BCUT2D eigenvalue weighted by Gasteiger charge is -2.07. The first-order chi connectivity index (χ1) is 14.0. The van der Waals surface area contributed by atoms with Gasteiger partial charge in [-0.05, 0) is 19.1 Å². The Hall–Kier alpha value is -3.68. The molecular formula is C21H22N4O4. The molecule has 1 heterocycles. The molecule has 2 N–H and O–H groups in total. The summed E-state index contributed by atoms with van der Waals surface area (Å²) in [5.74, 6) is 1.12. The summed E-state index contributed by atoms with van der Waals surface area (Å²) in [5, 5.41) is 16.5. The van der Waals surface area contributed by atoms with Gasteiger partial charge in [0.2, 0.25) is 5.91 Å². The summed E-state index contributed by atoms with van der Waals surface area (Å²) in [6.45, 7) is 2.98. The Morgan fingerprint density at radius 2 is 1.83 bits per heavy atom. The van der Waals surface area contributed by atoms with Gasteiger partial charge in [-0.25, -0.2) is 4.98 Å². The highest BCUT2D eigenvalue weighted by molar-refractivity contribution is 5.76. The van der Waals surface area contributed by atoms with Crippen LogP contribution in [0.1, 0.15) is 17.9 Å². The second-order valence-electron chi connectivity index (χ2n) is 6.56. The number of aromatic nitrogens is 1. The van der Waals surface area contributed by atoms with Crippen LogP contribution in [0, 0.1) is 17.0 Å². The summed E-state index contributed by atoms with van der Waals surface area (Å²) in [4.78, 5) is 26.4. The molecule has 0 bridgehead atoms. The molecule has 1 amide bonds. The molecule has 2 aromatic carbocycles. The van der Waals surface area contributed by atoms with Crippen molar-refractivity contribution >= 4 is 17.3 Å². The van der Waals surface area contributed by atoms with Crippen LogP contribution in [-0.4, -0.2) is 28.9 Å². The topological polar surface area (TPSA) is 110 Å². The van der Waals surface area contributed by atoms with Crippen LogP contribution < -0.4 is 10.6 Å². The molecular weight excluding hydrogens is 372 g/mol. The summed E-state index contributed by atoms with van der Waals surface area (Å²) < 4.78 is 5.72. The minimum atomic E-state index is -0.443. The Bertz CT molecular complexity index is 965. The number of nitro benzene ring substituents is 1. The van der Waals surface area contributed by atoms with Crippen molar-refractivity contribution in [1.29, 1.82) is 0 Å². The Labute approximate surface area is 168 Å². The van der Waals surface area contributed by atoms with Crippen LogP contribution in [0.15, 0.2) is 59.1 Å². The molecule has 0 saturated carbocycles. The number of non-ortho nitro benzene ring substituents is 1. The predicted molar refractivity (Wildman–Crippen MR) is 110 cm³/mol. The molecule has 0 aliphatic carbocycles. The number of aryl methyl sites for hydroxylation is 2. The number of anilines is 1. The van der Waals surface area contributed by atoms with Crippen molar-refractivity contribution in [1.82, 2.24) is 10.3 Å². The maximum atomic E-state index is 12.0. The van der Waals surface area contributed by atoms with E-state index < -0.39 is 4.92 Å². The van der Waals surface area contributed by atoms with Crippen molar-refractivity contribution in [3.63, 3.8) is 0 Å². The number of rotatable bonds is 9. The minimum Gasteiger partial charge on any atom is -0.441 e. The highest BCUT2D eigenvalue weighted by Crippen LogP contribution is 2.21. The maximum absolute atomic E-state index is 12.0. The number of hydrogen-bond acceptors (Lipinski definition) is 6. The van der Waals surface area contributed by atoms with Crippen LogP contribution in [0.4, 0.5) is 11.4 Å². The van der Waals surface area contributed by atoms with E-state index in [1.807, 2.05) is 31.2 Å². The van der Waals surface area contributed by atoms with Gasteiger partial charge in [0, 0.05) is 49.3 Å². The molecule has 8 heteroatoms. The monoisotopic (exact) mass is 394 g/mol. The van der Waals surface area contributed by atoms with E-state index in [1.54, 1.807) is 18.3 Å². The number of carbonyl (C=O) groups excluding carboxylic acids is 1. The normalized spacial score (nSPS) is 10.5. The Kier molecular flexibility index (Phi) is 6.57. The van der Waals surface area contributed by atoms with E-state index in [4.69, 9.17) is 4.42 Å². The maximum Gasteiger partial charge on any atom is 0.269 e. The van der Waals surface area contributed by atoms with Crippen LogP contribution in [0.25, 0.3) is 11.3 Å². The number of amides is 1. The smallest absolute Gasteiger partial charge is 0.269 e. The fraction of sp³-hybridized carbons (Fsp3) is 0.238. The van der Waals surface area contributed by atoms with Crippen molar-refractivity contribution in [2.75, 3.05) is 18.4 Å². The first kappa shape index (κ1) is 20.1. The summed E-state index contributed by atoms with van der Waals surface area (Å²) in [6.07, 6.45) is 2.38. The molecule has 0 saturated heterocycles. The lowest BCUT2D eigenvalue weighted by atomic mass is 10.1. The molecule has 8 nitrogen and oxygen atoms in total. The third-order valence-electron chi connectivity index (χ3n) is 4.31. The van der Waals surface area contributed by atoms with E-state index in [1.165, 1.54) is 17.7 Å². The molecule has 0 fully saturated rings. The summed E-state index contributed by atoms with van der Waals surface area (Å²) >= 11 is 0. The molecule has 0 radical (unpaired) electrons. The van der Waals surface area contributed by atoms with Crippen LogP contribution in [-0.2, 0) is 11.2 Å².